The molecule has 2 aromatic carbocycles. The van der Waals surface area contributed by atoms with Crippen LogP contribution in [-0.2, 0) is 0 Å². The molecule has 0 saturated heterocycles. The second-order valence-corrected chi connectivity index (χ2v) is 3.84. The number of carbonyl (C=O) groups is 1. The van der Waals surface area contributed by atoms with Crippen LogP contribution in [0.25, 0.3) is 10.8 Å². The van der Waals surface area contributed by atoms with Gasteiger partial charge in [0.15, 0.2) is 0 Å². The lowest BCUT2D eigenvalue weighted by atomic mass is 10.1. The normalized spacial score (nSPS) is 9.67. The van der Waals surface area contributed by atoms with Crippen molar-refractivity contribution in [3.05, 3.63) is 46.4 Å². The van der Waals surface area contributed by atoms with Crippen LogP contribution in [0, 0.1) is 0 Å². The number of fused-ring (bicyclic) bond motifs is 1. The van der Waals surface area contributed by atoms with Gasteiger partial charge in [-0.3, -0.25) is 0 Å². The molecule has 4 heteroatoms. The predicted octanol–water partition coefficient (Wildman–Crippen LogP) is 2.92. The molecule has 0 saturated carbocycles. The molecule has 0 fully saturated rings. The van der Waals surface area contributed by atoms with Crippen LogP contribution in [0.5, 0.6) is 0 Å². The van der Waals surface area contributed by atoms with E-state index in [2.05, 4.69) is 15.9 Å². The molecule has 15 heavy (non-hydrogen) atoms. The standard InChI is InChI=1S/C11H7BrO2.Al/c12-10-3-1-2-7-6-8(11(13)14)4-5-9(7)10;/h1-6H,(H,13,14);. The van der Waals surface area contributed by atoms with Gasteiger partial charge in [-0.05, 0) is 29.0 Å². The molecule has 2 nitrogen and oxygen atoms in total. The number of carboxylic acids is 1. The first-order valence-electron chi connectivity index (χ1n) is 4.10. The SMILES string of the molecule is O=C(O)c1ccc2c(Br)cccc2c1.[Al]. The summed E-state index contributed by atoms with van der Waals surface area (Å²) in [5, 5.41) is 10.8. The van der Waals surface area contributed by atoms with E-state index in [1.165, 1.54) is 0 Å². The Kier molecular flexibility index (Phi) is 3.92. The van der Waals surface area contributed by atoms with Gasteiger partial charge in [0.2, 0.25) is 0 Å². The van der Waals surface area contributed by atoms with Gasteiger partial charge in [0.25, 0.3) is 0 Å². The van der Waals surface area contributed by atoms with Crippen molar-refractivity contribution in [1.29, 1.82) is 0 Å². The third kappa shape index (κ3) is 2.40. The van der Waals surface area contributed by atoms with Crippen molar-refractivity contribution in [3.8, 4) is 0 Å². The summed E-state index contributed by atoms with van der Waals surface area (Å²) in [4.78, 5) is 10.7. The third-order valence-electron chi connectivity index (χ3n) is 2.07. The van der Waals surface area contributed by atoms with E-state index < -0.39 is 5.97 Å². The van der Waals surface area contributed by atoms with Crippen molar-refractivity contribution in [2.45, 2.75) is 0 Å². The van der Waals surface area contributed by atoms with Crippen LogP contribution in [0.3, 0.4) is 0 Å². The number of rotatable bonds is 1. The minimum atomic E-state index is -0.896. The highest BCUT2D eigenvalue weighted by molar-refractivity contribution is 9.10. The molecule has 73 valence electrons. The van der Waals surface area contributed by atoms with Crippen molar-refractivity contribution in [2.24, 2.45) is 0 Å². The molecule has 0 aliphatic carbocycles. The molecule has 0 aliphatic heterocycles. The summed E-state index contributed by atoms with van der Waals surface area (Å²) >= 11 is 3.41. The summed E-state index contributed by atoms with van der Waals surface area (Å²) in [6, 6.07) is 10.8. The number of carboxylic acid groups (broad SMARTS) is 1. The Labute approximate surface area is 106 Å². The molecule has 0 amide bonds. The maximum Gasteiger partial charge on any atom is 0.335 e. The molecule has 2 aromatic rings. The number of hydrogen-bond donors (Lipinski definition) is 1. The van der Waals surface area contributed by atoms with E-state index >= 15 is 0 Å². The number of halogens is 1. The summed E-state index contributed by atoms with van der Waals surface area (Å²) < 4.78 is 0.979. The Balaban J connectivity index is 0.00000112. The second kappa shape index (κ2) is 4.80. The van der Waals surface area contributed by atoms with Crippen LogP contribution in [-0.4, -0.2) is 28.4 Å². The van der Waals surface area contributed by atoms with E-state index in [0.29, 0.717) is 5.56 Å². The van der Waals surface area contributed by atoms with Crippen LogP contribution in [0.2, 0.25) is 0 Å². The smallest absolute Gasteiger partial charge is 0.335 e. The van der Waals surface area contributed by atoms with E-state index in [9.17, 15) is 4.79 Å². The van der Waals surface area contributed by atoms with Crippen LogP contribution in [0.1, 0.15) is 10.4 Å². The fourth-order valence-corrected chi connectivity index (χ4v) is 1.89. The lowest BCUT2D eigenvalue weighted by Crippen LogP contribution is -1.95. The molecule has 0 aromatic heterocycles. The maximum atomic E-state index is 10.7. The molecule has 0 spiro atoms. The Bertz CT molecular complexity index is 511. The number of benzene rings is 2. The van der Waals surface area contributed by atoms with Gasteiger partial charge in [-0.25, -0.2) is 4.79 Å². The van der Waals surface area contributed by atoms with E-state index in [0.717, 1.165) is 15.2 Å². The van der Waals surface area contributed by atoms with Crippen LogP contribution < -0.4 is 0 Å². The Morgan fingerprint density at radius 2 is 1.93 bits per heavy atom. The zero-order chi connectivity index (χ0) is 10.1. The first-order chi connectivity index (χ1) is 6.68. The van der Waals surface area contributed by atoms with Crippen LogP contribution >= 0.6 is 15.9 Å². The summed E-state index contributed by atoms with van der Waals surface area (Å²) in [6.07, 6.45) is 0. The van der Waals surface area contributed by atoms with Crippen LogP contribution in [0.4, 0.5) is 0 Å². The van der Waals surface area contributed by atoms with Gasteiger partial charge in [-0.1, -0.05) is 34.1 Å². The first kappa shape index (κ1) is 12.3. The highest BCUT2D eigenvalue weighted by Gasteiger charge is 2.04. The van der Waals surface area contributed by atoms with E-state index in [1.807, 2.05) is 24.3 Å². The molecular weight excluding hydrogens is 271 g/mol. The number of aromatic carboxylic acids is 1. The third-order valence-corrected chi connectivity index (χ3v) is 2.77. The fraction of sp³-hybridized carbons (Fsp3) is 0. The van der Waals surface area contributed by atoms with E-state index in [-0.39, 0.29) is 17.4 Å². The predicted molar refractivity (Wildman–Crippen MR) is 64.4 cm³/mol. The summed E-state index contributed by atoms with van der Waals surface area (Å²) in [5.41, 5.74) is 0.315. The van der Waals surface area contributed by atoms with Gasteiger partial charge in [0.1, 0.15) is 0 Å². The van der Waals surface area contributed by atoms with E-state index in [1.54, 1.807) is 12.1 Å². The van der Waals surface area contributed by atoms with Gasteiger partial charge in [-0.15, -0.1) is 0 Å². The van der Waals surface area contributed by atoms with Gasteiger partial charge in [-0.2, -0.15) is 0 Å². The van der Waals surface area contributed by atoms with Crippen molar-refractivity contribution in [1.82, 2.24) is 0 Å². The molecule has 1 N–H and O–H groups in total. The minimum Gasteiger partial charge on any atom is -0.478 e. The quantitative estimate of drug-likeness (QED) is 0.814. The minimum absolute atomic E-state index is 0. The van der Waals surface area contributed by atoms with Crippen molar-refractivity contribution in [2.75, 3.05) is 0 Å². The summed E-state index contributed by atoms with van der Waals surface area (Å²) in [6.45, 7) is 0. The van der Waals surface area contributed by atoms with Gasteiger partial charge >= 0.3 is 5.97 Å². The molecule has 0 aliphatic rings. The lowest BCUT2D eigenvalue weighted by Gasteiger charge is -2.01. The number of hydrogen-bond acceptors (Lipinski definition) is 1. The fourth-order valence-electron chi connectivity index (χ4n) is 1.38. The zero-order valence-corrected chi connectivity index (χ0v) is 10.5. The van der Waals surface area contributed by atoms with Crippen LogP contribution in [0.15, 0.2) is 40.9 Å². The molecule has 0 heterocycles. The zero-order valence-electron chi connectivity index (χ0n) is 7.77. The molecule has 0 atom stereocenters. The average Bonchev–Trinajstić information content (AvgIpc) is 2.17. The monoisotopic (exact) mass is 277 g/mol. The van der Waals surface area contributed by atoms with Crippen molar-refractivity contribution >= 4 is 50.0 Å². The van der Waals surface area contributed by atoms with Crippen molar-refractivity contribution < 1.29 is 9.90 Å². The summed E-state index contributed by atoms with van der Waals surface area (Å²) in [7, 11) is 0. The Morgan fingerprint density at radius 3 is 2.60 bits per heavy atom. The highest BCUT2D eigenvalue weighted by Crippen LogP contribution is 2.24. The molecular formula is C11H7AlBrO2. The molecule has 3 radical (unpaired) electrons. The van der Waals surface area contributed by atoms with Crippen molar-refractivity contribution in [3.63, 3.8) is 0 Å². The average molecular weight is 278 g/mol. The topological polar surface area (TPSA) is 37.3 Å². The van der Waals surface area contributed by atoms with Gasteiger partial charge < -0.3 is 5.11 Å². The van der Waals surface area contributed by atoms with E-state index in [4.69, 9.17) is 5.11 Å². The largest absolute Gasteiger partial charge is 0.478 e. The second-order valence-electron chi connectivity index (χ2n) is 2.98. The maximum absolute atomic E-state index is 10.7. The molecule has 0 bridgehead atoms. The summed E-state index contributed by atoms with van der Waals surface area (Å²) in [5.74, 6) is -0.896. The lowest BCUT2D eigenvalue weighted by molar-refractivity contribution is 0.0697. The molecule has 2 rings (SSSR count). The Hall–Kier alpha value is -0.818. The van der Waals surface area contributed by atoms with Gasteiger partial charge in [0, 0.05) is 21.8 Å². The van der Waals surface area contributed by atoms with Gasteiger partial charge in [0.05, 0.1) is 5.56 Å². The first-order valence-corrected chi connectivity index (χ1v) is 4.89. The Morgan fingerprint density at radius 1 is 1.20 bits per heavy atom. The molecule has 0 unspecified atom stereocenters. The highest BCUT2D eigenvalue weighted by atomic mass is 79.9.